The zero-order valence-corrected chi connectivity index (χ0v) is 44.7. The molecule has 0 amide bonds. The molecule has 0 atom stereocenters. The minimum absolute atomic E-state index is 0.0355. The van der Waals surface area contributed by atoms with Crippen molar-refractivity contribution in [1.29, 1.82) is 0 Å². The minimum atomic E-state index is -0.573. The fourth-order valence-corrected chi connectivity index (χ4v) is 12.9. The summed E-state index contributed by atoms with van der Waals surface area (Å²) < 4.78 is 57.4. The Bertz CT molecular complexity index is 4580. The molecule has 0 saturated heterocycles. The lowest BCUT2D eigenvalue weighted by molar-refractivity contribution is 0.0463. The zero-order chi connectivity index (χ0) is 57.9. The van der Waals surface area contributed by atoms with E-state index in [0.717, 1.165) is 76.6 Å². The number of hydrogen-bond acceptors (Lipinski definition) is 10. The smallest absolute Gasteiger partial charge is 0.338 e. The predicted molar refractivity (Wildman–Crippen MR) is 326 cm³/mol. The molecule has 0 radical (unpaired) electrons. The van der Waals surface area contributed by atoms with Crippen LogP contribution in [0, 0.1) is 0 Å². The van der Waals surface area contributed by atoms with Gasteiger partial charge in [-0.05, 0) is 147 Å². The molecule has 0 saturated carbocycles. The van der Waals surface area contributed by atoms with E-state index in [9.17, 15) is 21.9 Å². The number of rotatable bonds is 12. The molecule has 0 bridgehead atoms. The first-order valence-corrected chi connectivity index (χ1v) is 27.7. The third-order valence-corrected chi connectivity index (χ3v) is 16.7. The molecule has 12 aromatic rings. The van der Waals surface area contributed by atoms with Crippen molar-refractivity contribution in [3.05, 3.63) is 263 Å². The number of hydrogen-bond donors (Lipinski definition) is 0. The summed E-state index contributed by atoms with van der Waals surface area (Å²) >= 11 is 0. The third-order valence-electron chi connectivity index (χ3n) is 16.7. The second-order valence-corrected chi connectivity index (χ2v) is 21.6. The first-order valence-electron chi connectivity index (χ1n) is 28.7. The molecule has 0 N–H and O–H groups in total. The lowest BCUT2D eigenvalue weighted by Crippen LogP contribution is -2.58. The van der Waals surface area contributed by atoms with E-state index in [0.29, 0.717) is 56.0 Å². The summed E-state index contributed by atoms with van der Waals surface area (Å²) in [6.07, 6.45) is 0. The van der Waals surface area contributed by atoms with Gasteiger partial charge in [-0.25, -0.2) is 19.2 Å². The minimum Gasteiger partial charge on any atom is -0.458 e. The van der Waals surface area contributed by atoms with Gasteiger partial charge < -0.3 is 28.4 Å². The highest BCUT2D eigenvalue weighted by atomic mass is 16.5. The van der Waals surface area contributed by atoms with Crippen LogP contribution >= 0.6 is 0 Å². The van der Waals surface area contributed by atoms with Gasteiger partial charge in [-0.2, -0.15) is 0 Å². The Labute approximate surface area is 485 Å². The maximum Gasteiger partial charge on any atom is 0.338 e. The van der Waals surface area contributed by atoms with E-state index in [1.54, 1.807) is 36.4 Å². The number of benzene rings is 12. The largest absolute Gasteiger partial charge is 0.458 e. The monoisotopic (exact) mass is 1090 g/mol. The maximum atomic E-state index is 14.4. The number of carbonyl (C=O) groups is 4. The average Bonchev–Trinajstić information content (AvgIpc) is 0.688. The zero-order valence-electron chi connectivity index (χ0n) is 46.7. The van der Waals surface area contributed by atoms with Crippen LogP contribution in [0.15, 0.2) is 218 Å². The second kappa shape index (κ2) is 19.5. The summed E-state index contributed by atoms with van der Waals surface area (Å²) in [5.74, 6) is -0.649. The topological polar surface area (TPSA) is 124 Å². The van der Waals surface area contributed by atoms with Gasteiger partial charge >= 0.3 is 23.9 Å². The highest BCUT2D eigenvalue weighted by molar-refractivity contribution is 7.01. The van der Waals surface area contributed by atoms with Crippen molar-refractivity contribution in [2.24, 2.45) is 0 Å². The number of carbonyl (C=O) groups excluding carboxylic acids is 4. The normalized spacial score (nSPS) is 12.9. The lowest BCUT2D eigenvalue weighted by Gasteiger charge is -2.36. The molecule has 12 aromatic carbocycles. The first-order chi connectivity index (χ1) is 42.1. The van der Waals surface area contributed by atoms with Crippen LogP contribution in [0.4, 0.5) is 0 Å². The van der Waals surface area contributed by atoms with Crippen molar-refractivity contribution in [1.82, 2.24) is 0 Å². The van der Waals surface area contributed by atoms with Gasteiger partial charge in [0.1, 0.15) is 49.4 Å². The van der Waals surface area contributed by atoms with Crippen LogP contribution in [0.1, 0.15) is 66.4 Å². The molecule has 84 heavy (non-hydrogen) atoms. The van der Waals surface area contributed by atoms with Crippen LogP contribution in [0.5, 0.6) is 23.0 Å². The Kier molecular flexibility index (Phi) is 10.9. The molecule has 0 unspecified atom stereocenters. The van der Waals surface area contributed by atoms with Crippen molar-refractivity contribution in [3.63, 3.8) is 0 Å². The highest BCUT2D eigenvalue weighted by Crippen LogP contribution is 2.47. The van der Waals surface area contributed by atoms with Crippen LogP contribution in [0.25, 0.3) is 54.6 Å². The Morgan fingerprint density at radius 1 is 0.333 bits per heavy atom. The molecule has 4 aliphatic heterocycles. The van der Waals surface area contributed by atoms with Crippen LogP contribution in [-0.4, -0.2) is 37.3 Å². The summed E-state index contributed by atoms with van der Waals surface area (Å²) in [5, 5.41) is 4.47. The summed E-state index contributed by atoms with van der Waals surface area (Å²) in [4.78, 5) is 56.3. The Morgan fingerprint density at radius 2 is 0.667 bits per heavy atom. The molecular formula is C72H44B2O10. The first kappa shape index (κ1) is 47.0. The van der Waals surface area contributed by atoms with Crippen molar-refractivity contribution < 1.29 is 50.3 Å². The van der Waals surface area contributed by atoms with Gasteiger partial charge in [0.15, 0.2) is 0 Å². The van der Waals surface area contributed by atoms with E-state index >= 15 is 0 Å². The SMILES string of the molecule is [2H]c1cc2c3c(cc4c([2H])cc5c6c(cc1c3c46)B1c3ccc(C(=O)OCc4ccccc4)cc3Oc3cc(C(=O)OCc4ccccc4)cc-5c31)B1c3ccc(C(=O)OCc4ccccc4)cc3Oc3cc(C(=O)OCc4ccccc4)cc-2c31. The summed E-state index contributed by atoms with van der Waals surface area (Å²) in [5.41, 5.74) is 11.9. The van der Waals surface area contributed by atoms with Crippen LogP contribution in [0.2, 0.25) is 0 Å². The van der Waals surface area contributed by atoms with Gasteiger partial charge in [-0.1, -0.05) is 181 Å². The maximum absolute atomic E-state index is 14.4. The number of fused-ring (bicyclic) bond motifs is 8. The van der Waals surface area contributed by atoms with Crippen molar-refractivity contribution in [3.8, 4) is 45.3 Å². The highest BCUT2D eigenvalue weighted by Gasteiger charge is 2.44. The Hall–Kier alpha value is -10.7. The lowest BCUT2D eigenvalue weighted by atomic mass is 9.32. The van der Waals surface area contributed by atoms with Gasteiger partial charge in [0.2, 0.25) is 0 Å². The van der Waals surface area contributed by atoms with Gasteiger partial charge in [0, 0.05) is 0 Å². The number of ether oxygens (including phenoxy) is 6. The van der Waals surface area contributed by atoms with E-state index in [2.05, 4.69) is 12.1 Å². The van der Waals surface area contributed by atoms with E-state index < -0.39 is 37.3 Å². The Balaban J connectivity index is 0.897. The standard InChI is InChI=1S/C72H44B2O10/c75-69(79-37-41-13-5-1-6-14-41)47-23-27-55-59(33-47)83-61-35-49(71(77)81-39-43-17-9-3-10-18-43)29-53-51-25-22-46-32-58-66-52(26-21-45-31-57(73(55)67(53)61)65(51)63(46)64(45)66)54-30-50(72(78)82-40-44-19-11-4-12-20-44)36-62-68(54)74(58)56-28-24-48(34-60(56)84-62)70(76)80-38-42-15-7-2-8-16-42/h1-36H,37-40H2/i21D,22D. The van der Waals surface area contributed by atoms with E-state index in [1.807, 2.05) is 158 Å². The molecule has 398 valence electrons. The van der Waals surface area contributed by atoms with Gasteiger partial charge in [-0.3, -0.25) is 0 Å². The summed E-state index contributed by atoms with van der Waals surface area (Å²) in [6.45, 7) is -0.838. The quantitative estimate of drug-likeness (QED) is 0.0505. The molecule has 4 aliphatic rings. The molecule has 0 spiro atoms. The van der Waals surface area contributed by atoms with Gasteiger partial charge in [0.25, 0.3) is 13.4 Å². The van der Waals surface area contributed by atoms with Crippen molar-refractivity contribution >= 4 is 102 Å². The predicted octanol–water partition coefficient (Wildman–Crippen LogP) is 11.2. The molecule has 4 heterocycles. The van der Waals surface area contributed by atoms with Crippen LogP contribution in [0.3, 0.4) is 0 Å². The van der Waals surface area contributed by atoms with Gasteiger partial charge in [0.05, 0.1) is 25.0 Å². The van der Waals surface area contributed by atoms with E-state index in [4.69, 9.17) is 28.4 Å². The second-order valence-electron chi connectivity index (χ2n) is 21.6. The fraction of sp³-hybridized carbons (Fsp3) is 0.0556. The van der Waals surface area contributed by atoms with Crippen LogP contribution < -0.4 is 42.3 Å². The average molecular weight is 1090 g/mol. The fourth-order valence-electron chi connectivity index (χ4n) is 12.9. The number of esters is 4. The van der Waals surface area contributed by atoms with Gasteiger partial charge in [-0.15, -0.1) is 0 Å². The molecule has 0 fully saturated rings. The summed E-state index contributed by atoms with van der Waals surface area (Å²) in [7, 11) is 0. The molecule has 0 aliphatic carbocycles. The van der Waals surface area contributed by atoms with E-state index in [1.165, 1.54) is 0 Å². The molecule has 10 nitrogen and oxygen atoms in total. The summed E-state index contributed by atoms with van der Waals surface area (Å²) in [6, 6.07) is 63.7. The molecule has 0 aromatic heterocycles. The third kappa shape index (κ3) is 8.04. The van der Waals surface area contributed by atoms with Crippen molar-refractivity contribution in [2.75, 3.05) is 0 Å². The van der Waals surface area contributed by atoms with Crippen molar-refractivity contribution in [2.45, 2.75) is 26.4 Å². The Morgan fingerprint density at radius 3 is 1.02 bits per heavy atom. The van der Waals surface area contributed by atoms with Crippen LogP contribution in [-0.2, 0) is 45.4 Å². The van der Waals surface area contributed by atoms with E-state index in [-0.39, 0.29) is 60.8 Å². The molecule has 12 heteroatoms. The molecular weight excluding hydrogens is 1050 g/mol. The molecule has 16 rings (SSSR count).